The maximum absolute atomic E-state index is 12.6. The molecule has 0 unspecified atom stereocenters. The van der Waals surface area contributed by atoms with Crippen molar-refractivity contribution in [2.75, 3.05) is 5.32 Å². The minimum atomic E-state index is -0.462. The van der Waals surface area contributed by atoms with Crippen LogP contribution in [0.25, 0.3) is 0 Å². The summed E-state index contributed by atoms with van der Waals surface area (Å²) in [5, 5.41) is 14.6. The van der Waals surface area contributed by atoms with E-state index >= 15 is 0 Å². The van der Waals surface area contributed by atoms with Gasteiger partial charge in [0.25, 0.3) is 11.6 Å². The van der Waals surface area contributed by atoms with Gasteiger partial charge in [-0.2, -0.15) is 0 Å². The van der Waals surface area contributed by atoms with E-state index in [0.717, 1.165) is 10.1 Å². The monoisotopic (exact) mass is 368 g/mol. The maximum atomic E-state index is 12.6. The molecule has 2 aromatic carbocycles. The van der Waals surface area contributed by atoms with Gasteiger partial charge in [-0.05, 0) is 43.0 Å². The minimum Gasteiger partial charge on any atom is -0.329 e. The first kappa shape index (κ1) is 17.7. The summed E-state index contributed by atoms with van der Waals surface area (Å²) in [6.07, 6.45) is 3.56. The molecule has 0 aliphatic rings. The van der Waals surface area contributed by atoms with Gasteiger partial charge >= 0.3 is 0 Å². The summed E-state index contributed by atoms with van der Waals surface area (Å²) in [6, 6.07) is 11.7. The Hall–Kier alpha value is -3.13. The van der Waals surface area contributed by atoms with Crippen LogP contribution in [0.2, 0.25) is 0 Å². The van der Waals surface area contributed by atoms with E-state index in [-0.39, 0.29) is 11.6 Å². The van der Waals surface area contributed by atoms with Gasteiger partial charge in [-0.25, -0.2) is 4.98 Å². The normalized spacial score (nSPS) is 10.5. The van der Waals surface area contributed by atoms with Gasteiger partial charge in [0.15, 0.2) is 5.16 Å². The predicted molar refractivity (Wildman–Crippen MR) is 99.6 cm³/mol. The van der Waals surface area contributed by atoms with E-state index in [1.807, 2.05) is 36.0 Å². The lowest BCUT2D eigenvalue weighted by atomic mass is 10.1. The molecule has 1 amide bonds. The summed E-state index contributed by atoms with van der Waals surface area (Å²) in [4.78, 5) is 28.1. The van der Waals surface area contributed by atoms with E-state index in [2.05, 4.69) is 10.3 Å². The van der Waals surface area contributed by atoms with Crippen LogP contribution in [0.5, 0.6) is 0 Å². The van der Waals surface area contributed by atoms with Crippen LogP contribution in [0.15, 0.2) is 64.9 Å². The summed E-state index contributed by atoms with van der Waals surface area (Å²) in [7, 11) is 1.90. The Bertz CT molecular complexity index is 984. The maximum Gasteiger partial charge on any atom is 0.272 e. The number of nitrogens with one attached hydrogen (secondary N) is 1. The molecule has 0 aliphatic heterocycles. The molecule has 1 heterocycles. The zero-order chi connectivity index (χ0) is 18.7. The molecule has 0 saturated carbocycles. The number of nitrogens with zero attached hydrogens (tertiary/aromatic N) is 3. The van der Waals surface area contributed by atoms with Crippen LogP contribution in [-0.2, 0) is 7.05 Å². The van der Waals surface area contributed by atoms with Gasteiger partial charge in [0, 0.05) is 41.5 Å². The molecule has 0 radical (unpaired) electrons. The highest BCUT2D eigenvalue weighted by Crippen LogP contribution is 2.32. The van der Waals surface area contributed by atoms with Gasteiger partial charge < -0.3 is 9.88 Å². The number of aromatic nitrogens is 2. The highest BCUT2D eigenvalue weighted by molar-refractivity contribution is 7.99. The van der Waals surface area contributed by atoms with Gasteiger partial charge in [-0.3, -0.25) is 14.9 Å². The van der Waals surface area contributed by atoms with Crippen molar-refractivity contribution in [3.05, 3.63) is 76.1 Å². The number of anilines is 1. The van der Waals surface area contributed by atoms with E-state index < -0.39 is 4.92 Å². The average molecular weight is 368 g/mol. The first-order valence-electron chi connectivity index (χ1n) is 7.76. The summed E-state index contributed by atoms with van der Waals surface area (Å²) < 4.78 is 1.89. The molecule has 0 fully saturated rings. The van der Waals surface area contributed by atoms with Crippen LogP contribution in [0.4, 0.5) is 11.4 Å². The number of carbonyl (C=O) groups is 1. The van der Waals surface area contributed by atoms with E-state index in [9.17, 15) is 14.9 Å². The standard InChI is InChI=1S/C18H16N4O3S/c1-12-11-13(7-8-15(12)22(24)25)17(23)20-14-5-3-4-6-16(14)26-18-19-9-10-21(18)2/h3-11H,1-2H3,(H,20,23). The molecule has 0 saturated heterocycles. The molecular weight excluding hydrogens is 352 g/mol. The largest absolute Gasteiger partial charge is 0.329 e. The number of carbonyl (C=O) groups excluding carboxylic acids is 1. The number of para-hydroxylation sites is 1. The van der Waals surface area contributed by atoms with E-state index in [0.29, 0.717) is 16.8 Å². The fourth-order valence-electron chi connectivity index (χ4n) is 2.40. The van der Waals surface area contributed by atoms with Crippen molar-refractivity contribution in [1.29, 1.82) is 0 Å². The third-order valence-electron chi connectivity index (χ3n) is 3.77. The quantitative estimate of drug-likeness (QED) is 0.542. The predicted octanol–water partition coefficient (Wildman–Crippen LogP) is 4.04. The molecule has 3 aromatic rings. The number of nitro benzene ring substituents is 1. The lowest BCUT2D eigenvalue weighted by molar-refractivity contribution is -0.385. The van der Waals surface area contributed by atoms with Gasteiger partial charge in [0.1, 0.15) is 0 Å². The second-order valence-corrected chi connectivity index (χ2v) is 6.64. The number of aryl methyl sites for hydroxylation is 2. The van der Waals surface area contributed by atoms with Crippen molar-refractivity contribution in [3.8, 4) is 0 Å². The third-order valence-corrected chi connectivity index (χ3v) is 4.92. The van der Waals surface area contributed by atoms with Crippen molar-refractivity contribution >= 4 is 29.0 Å². The number of benzene rings is 2. The molecule has 1 aromatic heterocycles. The molecule has 8 heteroatoms. The number of nitro groups is 1. The molecular formula is C18H16N4O3S. The molecule has 7 nitrogen and oxygen atoms in total. The highest BCUT2D eigenvalue weighted by Gasteiger charge is 2.15. The fourth-order valence-corrected chi connectivity index (χ4v) is 3.29. The molecule has 132 valence electrons. The molecule has 3 rings (SSSR count). The number of rotatable bonds is 5. The molecule has 26 heavy (non-hydrogen) atoms. The van der Waals surface area contributed by atoms with E-state index in [4.69, 9.17) is 0 Å². The van der Waals surface area contributed by atoms with Crippen molar-refractivity contribution in [3.63, 3.8) is 0 Å². The Morgan fingerprint density at radius 2 is 2.04 bits per heavy atom. The van der Waals surface area contributed by atoms with Crippen LogP contribution >= 0.6 is 11.8 Å². The fraction of sp³-hybridized carbons (Fsp3) is 0.111. The second kappa shape index (κ2) is 7.40. The first-order valence-corrected chi connectivity index (χ1v) is 8.58. The van der Waals surface area contributed by atoms with Gasteiger partial charge in [0.05, 0.1) is 10.6 Å². The van der Waals surface area contributed by atoms with Gasteiger partial charge in [-0.15, -0.1) is 0 Å². The summed E-state index contributed by atoms with van der Waals surface area (Å²) >= 11 is 1.44. The van der Waals surface area contributed by atoms with Gasteiger partial charge in [-0.1, -0.05) is 12.1 Å². The smallest absolute Gasteiger partial charge is 0.272 e. The van der Waals surface area contributed by atoms with Crippen LogP contribution in [0.3, 0.4) is 0 Å². The van der Waals surface area contributed by atoms with E-state index in [1.54, 1.807) is 19.2 Å². The lowest BCUT2D eigenvalue weighted by Crippen LogP contribution is -2.13. The summed E-state index contributed by atoms with van der Waals surface area (Å²) in [5.74, 6) is -0.323. The molecule has 0 aliphatic carbocycles. The Morgan fingerprint density at radius 3 is 2.69 bits per heavy atom. The third kappa shape index (κ3) is 3.75. The second-order valence-electron chi connectivity index (χ2n) is 5.63. The van der Waals surface area contributed by atoms with E-state index in [1.165, 1.54) is 30.0 Å². The SMILES string of the molecule is Cc1cc(C(=O)Nc2ccccc2Sc2nccn2C)ccc1[N+](=O)[O-]. The Balaban J connectivity index is 1.83. The molecule has 0 spiro atoms. The molecule has 0 bridgehead atoms. The number of hydrogen-bond acceptors (Lipinski definition) is 5. The van der Waals surface area contributed by atoms with Crippen molar-refractivity contribution < 1.29 is 9.72 Å². The van der Waals surface area contributed by atoms with Crippen LogP contribution in [0, 0.1) is 17.0 Å². The Kier molecular flexibility index (Phi) is 5.04. The first-order chi connectivity index (χ1) is 12.5. The zero-order valence-electron chi connectivity index (χ0n) is 14.2. The van der Waals surface area contributed by atoms with Gasteiger partial charge in [0.2, 0.25) is 0 Å². The van der Waals surface area contributed by atoms with Crippen LogP contribution in [0.1, 0.15) is 15.9 Å². The average Bonchev–Trinajstić information content (AvgIpc) is 3.01. The zero-order valence-corrected chi connectivity index (χ0v) is 15.0. The van der Waals surface area contributed by atoms with Crippen LogP contribution < -0.4 is 5.32 Å². The summed E-state index contributed by atoms with van der Waals surface area (Å²) in [5.41, 5.74) is 1.46. The van der Waals surface area contributed by atoms with Crippen molar-refractivity contribution in [2.24, 2.45) is 7.05 Å². The van der Waals surface area contributed by atoms with Crippen molar-refractivity contribution in [2.45, 2.75) is 17.0 Å². The Morgan fingerprint density at radius 1 is 1.27 bits per heavy atom. The number of imidazole rings is 1. The highest BCUT2D eigenvalue weighted by atomic mass is 32.2. The summed E-state index contributed by atoms with van der Waals surface area (Å²) in [6.45, 7) is 1.61. The number of amides is 1. The molecule has 0 atom stereocenters. The van der Waals surface area contributed by atoms with Crippen LogP contribution in [-0.4, -0.2) is 20.4 Å². The molecule has 1 N–H and O–H groups in total. The van der Waals surface area contributed by atoms with Crippen molar-refractivity contribution in [1.82, 2.24) is 9.55 Å². The number of hydrogen-bond donors (Lipinski definition) is 1. The lowest BCUT2D eigenvalue weighted by Gasteiger charge is -2.11. The topological polar surface area (TPSA) is 90.1 Å². The minimum absolute atomic E-state index is 0.00714. The Labute approximate surface area is 154 Å².